The van der Waals surface area contributed by atoms with Gasteiger partial charge >= 0.3 is 0 Å². The van der Waals surface area contributed by atoms with Gasteiger partial charge < -0.3 is 10.4 Å². The minimum Gasteiger partial charge on any atom is -0.394 e. The molecule has 0 aliphatic heterocycles. The van der Waals surface area contributed by atoms with Gasteiger partial charge in [0.2, 0.25) is 0 Å². The van der Waals surface area contributed by atoms with Gasteiger partial charge in [-0.25, -0.2) is 0 Å². The number of aliphatic hydroxyl groups excluding tert-OH is 1. The lowest BCUT2D eigenvalue weighted by Crippen LogP contribution is -2.53. The summed E-state index contributed by atoms with van der Waals surface area (Å²) in [6.45, 7) is 1.16. The molecule has 2 nitrogen and oxygen atoms in total. The fraction of sp³-hybridized carbons (Fsp3) is 0.600. The minimum atomic E-state index is 0.0234. The van der Waals surface area contributed by atoms with Crippen molar-refractivity contribution in [3.05, 3.63) is 35.4 Å². The van der Waals surface area contributed by atoms with Crippen LogP contribution in [0.1, 0.15) is 49.1 Å². The Morgan fingerprint density at radius 1 is 1.29 bits per heavy atom. The van der Waals surface area contributed by atoms with Crippen molar-refractivity contribution in [3.63, 3.8) is 0 Å². The molecule has 2 heteroatoms. The summed E-state index contributed by atoms with van der Waals surface area (Å²) in [5.41, 5.74) is 2.88. The number of rotatable bonds is 5. The lowest BCUT2D eigenvalue weighted by atomic mass is 9.77. The first-order valence-corrected chi connectivity index (χ1v) is 6.76. The van der Waals surface area contributed by atoms with Crippen molar-refractivity contribution in [2.75, 3.05) is 6.61 Å². The Hall–Kier alpha value is -0.860. The first kappa shape index (κ1) is 11.2. The summed E-state index contributed by atoms with van der Waals surface area (Å²) in [6, 6.07) is 8.92. The molecule has 0 atom stereocenters. The Labute approximate surface area is 103 Å². The number of hydrogen-bond donors (Lipinski definition) is 2. The third kappa shape index (κ3) is 2.38. The molecule has 1 aromatic rings. The molecule has 2 fully saturated rings. The van der Waals surface area contributed by atoms with E-state index in [0.717, 1.165) is 25.3 Å². The van der Waals surface area contributed by atoms with Crippen LogP contribution in [0, 0.1) is 0 Å². The van der Waals surface area contributed by atoms with Crippen molar-refractivity contribution in [2.24, 2.45) is 0 Å². The van der Waals surface area contributed by atoms with Crippen LogP contribution in [0.4, 0.5) is 0 Å². The van der Waals surface area contributed by atoms with Gasteiger partial charge in [0.1, 0.15) is 0 Å². The first-order valence-electron chi connectivity index (χ1n) is 6.76. The Kier molecular flexibility index (Phi) is 2.93. The largest absolute Gasteiger partial charge is 0.394 e. The Morgan fingerprint density at radius 2 is 2.12 bits per heavy atom. The predicted octanol–water partition coefficient (Wildman–Crippen LogP) is 2.57. The van der Waals surface area contributed by atoms with Crippen LogP contribution in [0.5, 0.6) is 0 Å². The number of nitrogens with one attached hydrogen (secondary N) is 1. The molecule has 2 saturated carbocycles. The van der Waals surface area contributed by atoms with Gasteiger partial charge in [-0.2, -0.15) is 0 Å². The summed E-state index contributed by atoms with van der Waals surface area (Å²) in [5.74, 6) is 0.824. The van der Waals surface area contributed by atoms with E-state index in [-0.39, 0.29) is 12.1 Å². The number of hydrogen-bond acceptors (Lipinski definition) is 2. The van der Waals surface area contributed by atoms with E-state index in [1.54, 1.807) is 0 Å². The van der Waals surface area contributed by atoms with E-state index in [2.05, 4.69) is 29.6 Å². The second-order valence-corrected chi connectivity index (χ2v) is 5.66. The van der Waals surface area contributed by atoms with E-state index in [9.17, 15) is 5.11 Å². The highest BCUT2D eigenvalue weighted by atomic mass is 16.3. The topological polar surface area (TPSA) is 32.3 Å². The summed E-state index contributed by atoms with van der Waals surface area (Å²) >= 11 is 0. The summed E-state index contributed by atoms with van der Waals surface area (Å²) in [7, 11) is 0. The molecule has 2 aliphatic rings. The average molecular weight is 231 g/mol. The molecule has 0 radical (unpaired) electrons. The van der Waals surface area contributed by atoms with Crippen LogP contribution in [0.2, 0.25) is 0 Å². The van der Waals surface area contributed by atoms with Crippen molar-refractivity contribution in [1.29, 1.82) is 0 Å². The van der Waals surface area contributed by atoms with E-state index in [4.69, 9.17) is 0 Å². The molecule has 2 N–H and O–H groups in total. The predicted molar refractivity (Wildman–Crippen MR) is 68.9 cm³/mol. The third-order valence-corrected chi connectivity index (χ3v) is 4.28. The summed E-state index contributed by atoms with van der Waals surface area (Å²) < 4.78 is 0. The SMILES string of the molecule is OCC1(NCc2cccc(C3CC3)c2)CCC1. The minimum absolute atomic E-state index is 0.0234. The molecule has 92 valence electrons. The molecule has 0 spiro atoms. The zero-order valence-electron chi connectivity index (χ0n) is 10.3. The molecule has 0 unspecified atom stereocenters. The van der Waals surface area contributed by atoms with Crippen molar-refractivity contribution < 1.29 is 5.11 Å². The fourth-order valence-electron chi connectivity index (χ4n) is 2.66. The Morgan fingerprint density at radius 3 is 2.71 bits per heavy atom. The quantitative estimate of drug-likeness (QED) is 0.816. The van der Waals surface area contributed by atoms with Gasteiger partial charge in [0, 0.05) is 12.1 Å². The van der Waals surface area contributed by atoms with Crippen molar-refractivity contribution in [2.45, 2.75) is 50.1 Å². The maximum absolute atomic E-state index is 9.40. The van der Waals surface area contributed by atoms with E-state index in [0.29, 0.717) is 0 Å². The maximum Gasteiger partial charge on any atom is 0.0613 e. The van der Waals surface area contributed by atoms with Crippen LogP contribution in [0.15, 0.2) is 24.3 Å². The van der Waals surface area contributed by atoms with Gasteiger partial charge in [0.05, 0.1) is 6.61 Å². The van der Waals surface area contributed by atoms with Gasteiger partial charge in [-0.3, -0.25) is 0 Å². The van der Waals surface area contributed by atoms with Crippen LogP contribution in [-0.4, -0.2) is 17.3 Å². The maximum atomic E-state index is 9.40. The van der Waals surface area contributed by atoms with Crippen LogP contribution in [0.3, 0.4) is 0 Å². The molecule has 2 aliphatic carbocycles. The fourth-order valence-corrected chi connectivity index (χ4v) is 2.66. The highest BCUT2D eigenvalue weighted by Crippen LogP contribution is 2.40. The molecular weight excluding hydrogens is 210 g/mol. The molecule has 0 aromatic heterocycles. The standard InChI is InChI=1S/C15H21NO/c17-11-15(7-2-8-15)16-10-12-3-1-4-14(9-12)13-5-6-13/h1,3-4,9,13,16-17H,2,5-8,10-11H2. The Bertz CT molecular complexity index is 388. The van der Waals surface area contributed by atoms with Crippen LogP contribution in [0.25, 0.3) is 0 Å². The van der Waals surface area contributed by atoms with Gasteiger partial charge in [0.15, 0.2) is 0 Å². The van der Waals surface area contributed by atoms with Gasteiger partial charge in [-0.15, -0.1) is 0 Å². The molecule has 17 heavy (non-hydrogen) atoms. The summed E-state index contributed by atoms with van der Waals surface area (Å²) in [4.78, 5) is 0. The van der Waals surface area contributed by atoms with Gasteiger partial charge in [-0.1, -0.05) is 24.3 Å². The monoisotopic (exact) mass is 231 g/mol. The normalized spacial score (nSPS) is 22.2. The first-order chi connectivity index (χ1) is 8.31. The molecule has 0 heterocycles. The third-order valence-electron chi connectivity index (χ3n) is 4.28. The zero-order valence-corrected chi connectivity index (χ0v) is 10.3. The molecular formula is C15H21NO. The smallest absolute Gasteiger partial charge is 0.0613 e. The van der Waals surface area contributed by atoms with Crippen molar-refractivity contribution in [3.8, 4) is 0 Å². The van der Waals surface area contributed by atoms with Crippen molar-refractivity contribution >= 4 is 0 Å². The van der Waals surface area contributed by atoms with Crippen LogP contribution < -0.4 is 5.32 Å². The molecule has 0 bridgehead atoms. The van der Waals surface area contributed by atoms with E-state index >= 15 is 0 Å². The molecule has 1 aromatic carbocycles. The molecule has 0 saturated heterocycles. The van der Waals surface area contributed by atoms with E-state index < -0.39 is 0 Å². The molecule has 3 rings (SSSR count). The van der Waals surface area contributed by atoms with Crippen molar-refractivity contribution in [1.82, 2.24) is 5.32 Å². The second kappa shape index (κ2) is 4.43. The second-order valence-electron chi connectivity index (χ2n) is 5.66. The van der Waals surface area contributed by atoms with Gasteiger partial charge in [-0.05, 0) is 49.1 Å². The highest BCUT2D eigenvalue weighted by Gasteiger charge is 2.35. The zero-order chi connectivity index (χ0) is 11.7. The molecule has 0 amide bonds. The van der Waals surface area contributed by atoms with Crippen LogP contribution >= 0.6 is 0 Å². The van der Waals surface area contributed by atoms with Gasteiger partial charge in [0.25, 0.3) is 0 Å². The lowest BCUT2D eigenvalue weighted by Gasteiger charge is -2.41. The summed E-state index contributed by atoms with van der Waals surface area (Å²) in [6.07, 6.45) is 6.20. The Balaban J connectivity index is 1.62. The van der Waals surface area contributed by atoms with E-state index in [1.807, 2.05) is 0 Å². The van der Waals surface area contributed by atoms with Crippen LogP contribution in [-0.2, 0) is 6.54 Å². The average Bonchev–Trinajstić information content (AvgIpc) is 3.12. The lowest BCUT2D eigenvalue weighted by molar-refractivity contribution is 0.0872. The van der Waals surface area contributed by atoms with E-state index in [1.165, 1.54) is 30.4 Å². The highest BCUT2D eigenvalue weighted by molar-refractivity contribution is 5.29. The summed E-state index contributed by atoms with van der Waals surface area (Å²) in [5, 5.41) is 12.9. The number of benzene rings is 1. The number of aliphatic hydroxyl groups is 1.